The fraction of sp³-hybridized carbons (Fsp3) is 0.280. The first-order valence-corrected chi connectivity index (χ1v) is 11.3. The van der Waals surface area contributed by atoms with Gasteiger partial charge in [0, 0.05) is 18.7 Å². The fourth-order valence-corrected chi connectivity index (χ4v) is 5.11. The maximum atomic E-state index is 12.8. The molecule has 0 aromatic heterocycles. The number of carbonyl (C=O) groups excluding carboxylic acids is 1. The Morgan fingerprint density at radius 2 is 1.74 bits per heavy atom. The number of fused-ring (bicyclic) bond motifs is 1. The first kappa shape index (κ1) is 20.1. The van der Waals surface area contributed by atoms with Crippen LogP contribution in [0.5, 0.6) is 5.75 Å². The summed E-state index contributed by atoms with van der Waals surface area (Å²) in [6.07, 6.45) is 4.00. The number of amidine groups is 1. The number of carbonyl (C=O) groups is 1. The minimum Gasteiger partial charge on any atom is -0.480 e. The number of para-hydroxylation sites is 1. The van der Waals surface area contributed by atoms with E-state index in [9.17, 15) is 4.79 Å². The van der Waals surface area contributed by atoms with Gasteiger partial charge in [-0.15, -0.1) is 0 Å². The summed E-state index contributed by atoms with van der Waals surface area (Å²) in [4.78, 5) is 19.9. The van der Waals surface area contributed by atoms with E-state index >= 15 is 0 Å². The predicted molar refractivity (Wildman–Crippen MR) is 124 cm³/mol. The van der Waals surface area contributed by atoms with E-state index in [4.69, 9.17) is 9.47 Å². The lowest BCUT2D eigenvalue weighted by molar-refractivity contribution is -0.113. The van der Waals surface area contributed by atoms with Crippen LogP contribution in [0.4, 0.5) is 0 Å². The maximum absolute atomic E-state index is 12.8. The minimum atomic E-state index is -0.274. The van der Waals surface area contributed by atoms with Gasteiger partial charge in [0.05, 0.1) is 17.1 Å². The van der Waals surface area contributed by atoms with Crippen LogP contribution in [-0.2, 0) is 9.53 Å². The number of aliphatic imine (C=N–C) groups is 1. The number of morpholine rings is 1. The Labute approximate surface area is 186 Å². The van der Waals surface area contributed by atoms with Gasteiger partial charge in [-0.25, -0.2) is 0 Å². The van der Waals surface area contributed by atoms with Crippen LogP contribution in [-0.4, -0.2) is 41.3 Å². The van der Waals surface area contributed by atoms with Gasteiger partial charge in [0.1, 0.15) is 11.9 Å². The lowest BCUT2D eigenvalue weighted by atomic mass is 9.95. The standard InChI is InChI=1S/C25H24N2O3S/c1-16-14-27(15-17(2)29-16)25-26-24(28)22(31-25)13-20-12-19-10-6-7-11-21(19)30-23(20)18-8-4-3-5-9-18/h3-13,16-17,23H,14-15H2,1-2H3. The second-order valence-electron chi connectivity index (χ2n) is 8.06. The van der Waals surface area contributed by atoms with Crippen LogP contribution in [0.3, 0.4) is 0 Å². The Bertz CT molecular complexity index is 1080. The molecular weight excluding hydrogens is 408 g/mol. The van der Waals surface area contributed by atoms with Crippen molar-refractivity contribution in [3.63, 3.8) is 0 Å². The molecule has 0 aliphatic carbocycles. The highest BCUT2D eigenvalue weighted by molar-refractivity contribution is 8.18. The summed E-state index contributed by atoms with van der Waals surface area (Å²) >= 11 is 1.44. The fourth-order valence-electron chi connectivity index (χ4n) is 4.18. The lowest BCUT2D eigenvalue weighted by Gasteiger charge is -2.35. The molecule has 0 saturated carbocycles. The number of nitrogens with zero attached hydrogens (tertiary/aromatic N) is 2. The van der Waals surface area contributed by atoms with E-state index < -0.39 is 0 Å². The van der Waals surface area contributed by atoms with Gasteiger partial charge in [-0.2, -0.15) is 4.99 Å². The molecule has 0 spiro atoms. The Kier molecular flexibility index (Phi) is 5.42. The highest BCUT2D eigenvalue weighted by Crippen LogP contribution is 2.40. The normalized spacial score (nSPS) is 26.9. The molecule has 31 heavy (non-hydrogen) atoms. The van der Waals surface area contributed by atoms with Gasteiger partial charge < -0.3 is 14.4 Å². The zero-order chi connectivity index (χ0) is 21.4. The lowest BCUT2D eigenvalue weighted by Crippen LogP contribution is -2.47. The van der Waals surface area contributed by atoms with Crippen molar-refractivity contribution in [3.8, 4) is 5.75 Å². The van der Waals surface area contributed by atoms with E-state index in [0.717, 1.165) is 40.7 Å². The highest BCUT2D eigenvalue weighted by Gasteiger charge is 2.32. The van der Waals surface area contributed by atoms with Crippen molar-refractivity contribution in [2.75, 3.05) is 13.1 Å². The molecule has 0 N–H and O–H groups in total. The molecule has 1 amide bonds. The second-order valence-corrected chi connectivity index (χ2v) is 9.07. The number of ether oxygens (including phenoxy) is 2. The molecule has 3 atom stereocenters. The summed E-state index contributed by atoms with van der Waals surface area (Å²) in [5, 5.41) is 0.757. The van der Waals surface area contributed by atoms with Crippen molar-refractivity contribution in [2.45, 2.75) is 32.2 Å². The molecule has 3 aliphatic heterocycles. The van der Waals surface area contributed by atoms with E-state index in [0.29, 0.717) is 4.91 Å². The van der Waals surface area contributed by atoms with Gasteiger partial charge in [-0.05, 0) is 55.0 Å². The van der Waals surface area contributed by atoms with Crippen molar-refractivity contribution in [2.24, 2.45) is 4.99 Å². The third-order valence-corrected chi connectivity index (χ3v) is 6.53. The number of thioether (sulfide) groups is 1. The van der Waals surface area contributed by atoms with Gasteiger partial charge in [0.2, 0.25) is 0 Å². The van der Waals surface area contributed by atoms with Crippen LogP contribution in [0.2, 0.25) is 0 Å². The van der Waals surface area contributed by atoms with Crippen molar-refractivity contribution >= 4 is 28.9 Å². The van der Waals surface area contributed by atoms with E-state index in [-0.39, 0.29) is 24.2 Å². The van der Waals surface area contributed by atoms with Crippen molar-refractivity contribution in [1.29, 1.82) is 0 Å². The Morgan fingerprint density at radius 1 is 1.03 bits per heavy atom. The van der Waals surface area contributed by atoms with Gasteiger partial charge in [-0.1, -0.05) is 48.5 Å². The smallest absolute Gasteiger partial charge is 0.286 e. The van der Waals surface area contributed by atoms with Crippen molar-refractivity contribution < 1.29 is 14.3 Å². The number of benzene rings is 2. The molecule has 2 aromatic carbocycles. The van der Waals surface area contributed by atoms with Crippen LogP contribution in [0.1, 0.15) is 31.1 Å². The minimum absolute atomic E-state index is 0.114. The van der Waals surface area contributed by atoms with E-state index in [1.165, 1.54) is 11.8 Å². The van der Waals surface area contributed by atoms with E-state index in [1.807, 2.05) is 74.5 Å². The van der Waals surface area contributed by atoms with Crippen LogP contribution >= 0.6 is 11.8 Å². The Balaban J connectivity index is 1.45. The first-order chi connectivity index (χ1) is 15.1. The third-order valence-electron chi connectivity index (χ3n) is 5.49. The van der Waals surface area contributed by atoms with Crippen LogP contribution < -0.4 is 4.74 Å². The van der Waals surface area contributed by atoms with Crippen LogP contribution in [0.25, 0.3) is 6.08 Å². The van der Waals surface area contributed by atoms with Gasteiger partial charge in [0.15, 0.2) is 5.17 Å². The molecule has 158 valence electrons. The van der Waals surface area contributed by atoms with Crippen LogP contribution in [0.15, 0.2) is 76.1 Å². The maximum Gasteiger partial charge on any atom is 0.286 e. The molecular formula is C25H24N2O3S. The topological polar surface area (TPSA) is 51.1 Å². The van der Waals surface area contributed by atoms with Gasteiger partial charge in [-0.3, -0.25) is 4.79 Å². The summed E-state index contributed by atoms with van der Waals surface area (Å²) in [6.45, 7) is 5.58. The summed E-state index contributed by atoms with van der Waals surface area (Å²) in [7, 11) is 0. The van der Waals surface area contributed by atoms with Crippen molar-refractivity contribution in [1.82, 2.24) is 4.90 Å². The molecule has 1 saturated heterocycles. The molecule has 5 rings (SSSR count). The molecule has 0 radical (unpaired) electrons. The quantitative estimate of drug-likeness (QED) is 0.637. The molecule has 3 unspecified atom stereocenters. The van der Waals surface area contributed by atoms with Gasteiger partial charge >= 0.3 is 0 Å². The molecule has 5 nitrogen and oxygen atoms in total. The van der Waals surface area contributed by atoms with Gasteiger partial charge in [0.25, 0.3) is 5.91 Å². The van der Waals surface area contributed by atoms with Crippen LogP contribution in [0, 0.1) is 0 Å². The monoisotopic (exact) mass is 432 g/mol. The number of amides is 1. The van der Waals surface area contributed by atoms with E-state index in [2.05, 4.69) is 16.0 Å². The zero-order valence-electron chi connectivity index (χ0n) is 17.5. The van der Waals surface area contributed by atoms with Crippen molar-refractivity contribution in [3.05, 3.63) is 82.3 Å². The highest BCUT2D eigenvalue weighted by atomic mass is 32.2. The third kappa shape index (κ3) is 4.18. The second kappa shape index (κ2) is 8.36. The first-order valence-electron chi connectivity index (χ1n) is 10.5. The summed E-state index contributed by atoms with van der Waals surface area (Å²) in [5.41, 5.74) is 3.00. The Morgan fingerprint density at radius 3 is 2.52 bits per heavy atom. The average Bonchev–Trinajstić information content (AvgIpc) is 3.13. The summed E-state index contributed by atoms with van der Waals surface area (Å²) in [5.74, 6) is 0.649. The van der Waals surface area contributed by atoms with E-state index in [1.54, 1.807) is 0 Å². The molecule has 3 aliphatic rings. The largest absolute Gasteiger partial charge is 0.480 e. The number of hydrogen-bond donors (Lipinski definition) is 0. The molecule has 1 fully saturated rings. The average molecular weight is 433 g/mol. The molecule has 3 heterocycles. The zero-order valence-corrected chi connectivity index (χ0v) is 18.3. The molecule has 0 bridgehead atoms. The number of hydrogen-bond acceptors (Lipinski definition) is 5. The summed E-state index contributed by atoms with van der Waals surface area (Å²) in [6, 6.07) is 18.1. The molecule has 2 aromatic rings. The predicted octanol–water partition coefficient (Wildman–Crippen LogP) is 4.83. The number of rotatable bonds is 2. The summed E-state index contributed by atoms with van der Waals surface area (Å²) < 4.78 is 12.2. The molecule has 6 heteroatoms. The SMILES string of the molecule is CC1CN(C2=NC(=O)C(=CC3=Cc4ccccc4OC3c3ccccc3)S2)CC(C)O1. The Hall–Kier alpha value is -2.83.